The smallest absolute Gasteiger partial charge is 0.326 e. The van der Waals surface area contributed by atoms with Crippen molar-refractivity contribution in [2.24, 2.45) is 0 Å². The first-order chi connectivity index (χ1) is 14.6. The number of carbonyl (C=O) groups is 1. The van der Waals surface area contributed by atoms with Gasteiger partial charge < -0.3 is 5.11 Å². The Morgan fingerprint density at radius 1 is 1.20 bits per heavy atom. The number of rotatable bonds is 6. The number of aromatic nitrogens is 3. The Morgan fingerprint density at radius 2 is 2.00 bits per heavy atom. The topological polar surface area (TPSA) is 103 Å². The van der Waals surface area contributed by atoms with E-state index >= 15 is 0 Å². The predicted octanol–water partition coefficient (Wildman–Crippen LogP) is 3.94. The molecule has 0 aromatic carbocycles. The van der Waals surface area contributed by atoms with Gasteiger partial charge in [0.15, 0.2) is 0 Å². The van der Waals surface area contributed by atoms with Gasteiger partial charge in [-0.3, -0.25) is 20.5 Å². The fraction of sp³-hybridized carbons (Fsp3) is 0.333. The average molecular weight is 425 g/mol. The van der Waals surface area contributed by atoms with Crippen LogP contribution in [-0.2, 0) is 6.54 Å². The van der Waals surface area contributed by atoms with E-state index in [0.717, 1.165) is 35.7 Å². The van der Waals surface area contributed by atoms with Gasteiger partial charge in [-0.15, -0.1) is 11.3 Å². The Labute approximate surface area is 179 Å². The summed E-state index contributed by atoms with van der Waals surface area (Å²) in [7, 11) is 0. The van der Waals surface area contributed by atoms with Crippen molar-refractivity contribution in [3.05, 3.63) is 53.8 Å². The van der Waals surface area contributed by atoms with Gasteiger partial charge in [-0.05, 0) is 43.5 Å². The minimum Gasteiger partial charge on any atom is -0.376 e. The van der Waals surface area contributed by atoms with Crippen molar-refractivity contribution >= 4 is 29.0 Å². The summed E-state index contributed by atoms with van der Waals surface area (Å²) >= 11 is 1.45. The molecule has 3 aromatic heterocycles. The van der Waals surface area contributed by atoms with Crippen LogP contribution in [0.25, 0.3) is 10.6 Å². The highest BCUT2D eigenvalue weighted by Gasteiger charge is 2.37. The summed E-state index contributed by atoms with van der Waals surface area (Å²) in [6, 6.07) is 8.83. The normalized spacial score (nSPS) is 19.0. The predicted molar refractivity (Wildman–Crippen MR) is 117 cm³/mol. The van der Waals surface area contributed by atoms with Crippen LogP contribution in [0.4, 0.5) is 16.4 Å². The molecule has 9 heteroatoms. The molecule has 0 bridgehead atoms. The Bertz CT molecular complexity index is 1010. The van der Waals surface area contributed by atoms with Gasteiger partial charge in [0, 0.05) is 36.4 Å². The molecule has 1 fully saturated rings. The molecule has 4 rings (SSSR count). The third-order valence-corrected chi connectivity index (χ3v) is 6.13. The van der Waals surface area contributed by atoms with Gasteiger partial charge in [0.05, 0.1) is 5.69 Å². The van der Waals surface area contributed by atoms with Gasteiger partial charge in [0.1, 0.15) is 22.4 Å². The number of anilines is 2. The van der Waals surface area contributed by atoms with Gasteiger partial charge in [-0.2, -0.15) is 0 Å². The number of amides is 2. The molecule has 4 heterocycles. The zero-order chi connectivity index (χ0) is 21.0. The average Bonchev–Trinajstić information content (AvgIpc) is 3.36. The molecule has 1 atom stereocenters. The van der Waals surface area contributed by atoms with Crippen LogP contribution in [0.2, 0.25) is 0 Å². The summed E-state index contributed by atoms with van der Waals surface area (Å²) in [6.07, 6.45) is 5.85. The maximum atomic E-state index is 12.4. The van der Waals surface area contributed by atoms with Crippen molar-refractivity contribution in [2.45, 2.75) is 38.5 Å². The summed E-state index contributed by atoms with van der Waals surface area (Å²) in [5.41, 5.74) is 0.988. The standard InChI is InChI=1S/C21H24N6O2S/c1-2-21(29)9-4-12-27(21)13-16-5-3-6-17(23-16)25-20(28)26-18-14-30-19(24-18)15-7-10-22-11-8-15/h3,5-8,10-11,14,29H,2,4,9,12-13H2,1H3,(H2,23,25,26,28). The number of urea groups is 1. The number of thiazole rings is 1. The van der Waals surface area contributed by atoms with Crippen molar-refractivity contribution in [2.75, 3.05) is 17.2 Å². The molecule has 1 unspecified atom stereocenters. The maximum absolute atomic E-state index is 12.4. The lowest BCUT2D eigenvalue weighted by Crippen LogP contribution is -2.42. The van der Waals surface area contributed by atoms with Gasteiger partial charge in [0.2, 0.25) is 0 Å². The highest BCUT2D eigenvalue weighted by Crippen LogP contribution is 2.31. The first kappa shape index (κ1) is 20.4. The number of carbonyl (C=O) groups excluding carboxylic acids is 1. The molecule has 0 saturated carbocycles. The monoisotopic (exact) mass is 424 g/mol. The minimum absolute atomic E-state index is 0.405. The van der Waals surface area contributed by atoms with Crippen LogP contribution in [-0.4, -0.2) is 43.3 Å². The van der Waals surface area contributed by atoms with E-state index in [1.165, 1.54) is 11.3 Å². The fourth-order valence-corrected chi connectivity index (χ4v) is 4.36. The molecule has 1 saturated heterocycles. The number of aliphatic hydroxyl groups is 1. The van der Waals surface area contributed by atoms with Gasteiger partial charge in [-0.1, -0.05) is 13.0 Å². The first-order valence-electron chi connectivity index (χ1n) is 9.93. The van der Waals surface area contributed by atoms with E-state index in [2.05, 4.69) is 30.5 Å². The number of nitrogens with zero attached hydrogens (tertiary/aromatic N) is 4. The third-order valence-electron chi connectivity index (χ3n) is 5.23. The van der Waals surface area contributed by atoms with E-state index in [1.807, 2.05) is 31.2 Å². The largest absolute Gasteiger partial charge is 0.376 e. The van der Waals surface area contributed by atoms with E-state index in [9.17, 15) is 9.90 Å². The Morgan fingerprint density at radius 3 is 2.80 bits per heavy atom. The van der Waals surface area contributed by atoms with Gasteiger partial charge >= 0.3 is 6.03 Å². The highest BCUT2D eigenvalue weighted by molar-refractivity contribution is 7.13. The van der Waals surface area contributed by atoms with Gasteiger partial charge in [-0.25, -0.2) is 14.8 Å². The summed E-state index contributed by atoms with van der Waals surface area (Å²) < 4.78 is 0. The lowest BCUT2D eigenvalue weighted by Gasteiger charge is -2.32. The van der Waals surface area contributed by atoms with Crippen LogP contribution in [0.3, 0.4) is 0 Å². The van der Waals surface area contributed by atoms with Crippen LogP contribution in [0.1, 0.15) is 31.9 Å². The molecule has 1 aliphatic heterocycles. The minimum atomic E-state index is -0.764. The summed E-state index contributed by atoms with van der Waals surface area (Å²) in [5.74, 6) is 0.930. The second-order valence-corrected chi connectivity index (χ2v) is 8.09. The quantitative estimate of drug-likeness (QED) is 0.554. The fourth-order valence-electron chi connectivity index (χ4n) is 3.60. The van der Waals surface area contributed by atoms with Crippen molar-refractivity contribution < 1.29 is 9.90 Å². The van der Waals surface area contributed by atoms with E-state index in [4.69, 9.17) is 0 Å². The maximum Gasteiger partial charge on any atom is 0.326 e. The molecule has 1 aliphatic rings. The van der Waals surface area contributed by atoms with E-state index < -0.39 is 11.8 Å². The third kappa shape index (κ3) is 4.64. The van der Waals surface area contributed by atoms with Crippen molar-refractivity contribution in [1.82, 2.24) is 19.9 Å². The molecule has 0 spiro atoms. The number of nitrogens with one attached hydrogen (secondary N) is 2. The molecule has 8 nitrogen and oxygen atoms in total. The molecular weight excluding hydrogens is 400 g/mol. The number of hydrogen-bond acceptors (Lipinski definition) is 7. The Balaban J connectivity index is 1.37. The summed E-state index contributed by atoms with van der Waals surface area (Å²) in [6.45, 7) is 3.38. The number of pyridine rings is 2. The molecule has 0 radical (unpaired) electrons. The zero-order valence-corrected chi connectivity index (χ0v) is 17.5. The van der Waals surface area contributed by atoms with Crippen LogP contribution in [0, 0.1) is 0 Å². The number of hydrogen-bond donors (Lipinski definition) is 3. The summed E-state index contributed by atoms with van der Waals surface area (Å²) in [5, 5.41) is 18.8. The van der Waals surface area contributed by atoms with E-state index in [0.29, 0.717) is 24.6 Å². The SMILES string of the molecule is CCC1(O)CCCN1Cc1cccc(NC(=O)Nc2csc(-c3ccncc3)n2)n1. The lowest BCUT2D eigenvalue weighted by molar-refractivity contribution is -0.0881. The van der Waals surface area contributed by atoms with E-state index in [-0.39, 0.29) is 0 Å². The van der Waals surface area contributed by atoms with E-state index in [1.54, 1.807) is 23.8 Å². The molecule has 3 N–H and O–H groups in total. The molecule has 3 aromatic rings. The second kappa shape index (κ2) is 8.86. The van der Waals surface area contributed by atoms with Crippen LogP contribution >= 0.6 is 11.3 Å². The van der Waals surface area contributed by atoms with Crippen molar-refractivity contribution in [3.63, 3.8) is 0 Å². The van der Waals surface area contributed by atoms with Crippen LogP contribution in [0.5, 0.6) is 0 Å². The highest BCUT2D eigenvalue weighted by atomic mass is 32.1. The number of likely N-dealkylation sites (tertiary alicyclic amines) is 1. The molecule has 2 amide bonds. The Kier molecular flexibility index (Phi) is 6.03. The van der Waals surface area contributed by atoms with Gasteiger partial charge in [0.25, 0.3) is 0 Å². The molecule has 0 aliphatic carbocycles. The second-order valence-electron chi connectivity index (χ2n) is 7.23. The Hall–Kier alpha value is -2.88. The van der Waals surface area contributed by atoms with Crippen molar-refractivity contribution in [3.8, 4) is 10.6 Å². The van der Waals surface area contributed by atoms with Crippen molar-refractivity contribution in [1.29, 1.82) is 0 Å². The lowest BCUT2D eigenvalue weighted by atomic mass is 10.1. The van der Waals surface area contributed by atoms with Crippen LogP contribution < -0.4 is 10.6 Å². The molecular formula is C21H24N6O2S. The summed E-state index contributed by atoms with van der Waals surface area (Å²) in [4.78, 5) is 27.4. The molecule has 156 valence electrons. The zero-order valence-electron chi connectivity index (χ0n) is 16.7. The van der Waals surface area contributed by atoms with Crippen LogP contribution in [0.15, 0.2) is 48.1 Å². The first-order valence-corrected chi connectivity index (χ1v) is 10.8. The molecule has 30 heavy (non-hydrogen) atoms.